The summed E-state index contributed by atoms with van der Waals surface area (Å²) in [6.07, 6.45) is 3.85. The minimum Gasteiger partial charge on any atom is -0.331 e. The van der Waals surface area contributed by atoms with Crippen LogP contribution in [0.3, 0.4) is 0 Å². The lowest BCUT2D eigenvalue weighted by Gasteiger charge is -2.15. The van der Waals surface area contributed by atoms with E-state index in [-0.39, 0.29) is 48.6 Å². The summed E-state index contributed by atoms with van der Waals surface area (Å²) in [5, 5.41) is 3.24. The second-order valence-electron chi connectivity index (χ2n) is 6.12. The Bertz CT molecular complexity index is 660. The summed E-state index contributed by atoms with van der Waals surface area (Å²) in [4.78, 5) is 35.9. The molecule has 0 bridgehead atoms. The molecule has 1 saturated heterocycles. The number of hydrogen-bond acceptors (Lipinski definition) is 4. The third-order valence-corrected chi connectivity index (χ3v) is 4.27. The molecule has 1 heterocycles. The molecule has 8 heteroatoms. The summed E-state index contributed by atoms with van der Waals surface area (Å²) >= 11 is 5.13. The molecule has 1 aromatic carbocycles. The molecule has 0 radical (unpaired) electrons. The molecule has 26 heavy (non-hydrogen) atoms. The van der Waals surface area contributed by atoms with E-state index in [0.29, 0.717) is 0 Å². The van der Waals surface area contributed by atoms with Gasteiger partial charge in [0.25, 0.3) is 0 Å². The van der Waals surface area contributed by atoms with Gasteiger partial charge in [0.2, 0.25) is 17.7 Å². The minimum atomic E-state index is -0.350. The maximum Gasteiger partial charge on any atom is 0.240 e. The van der Waals surface area contributed by atoms with Crippen LogP contribution < -0.4 is 16.2 Å². The highest BCUT2D eigenvalue weighted by atomic mass is 32.1. The van der Waals surface area contributed by atoms with Crippen molar-refractivity contribution in [3.8, 4) is 0 Å². The number of nitrogens with zero attached hydrogens (tertiary/aromatic N) is 1. The van der Waals surface area contributed by atoms with Crippen LogP contribution in [0.4, 0.5) is 5.69 Å². The summed E-state index contributed by atoms with van der Waals surface area (Å²) in [5.74, 6) is -0.803. The Balaban J connectivity index is 1.68. The molecule has 0 saturated carbocycles. The van der Waals surface area contributed by atoms with Gasteiger partial charge in [-0.2, -0.15) is 0 Å². The number of anilines is 1. The zero-order valence-corrected chi connectivity index (χ0v) is 15.7. The van der Waals surface area contributed by atoms with Crippen LogP contribution in [0.5, 0.6) is 0 Å². The molecular formula is C18H24N4O3S. The number of unbranched alkanes of at least 4 members (excludes halogenated alkanes) is 1. The minimum absolute atomic E-state index is 0.0270. The molecule has 3 N–H and O–H groups in total. The number of carbonyl (C=O) groups excluding carboxylic acids is 3. The van der Waals surface area contributed by atoms with Crippen molar-refractivity contribution >= 4 is 40.7 Å². The summed E-state index contributed by atoms with van der Waals surface area (Å²) in [5.41, 5.74) is 7.16. The highest BCUT2D eigenvalue weighted by Crippen LogP contribution is 2.12. The van der Waals surface area contributed by atoms with Gasteiger partial charge in [-0.1, -0.05) is 25.5 Å². The number of imide groups is 1. The van der Waals surface area contributed by atoms with Crippen molar-refractivity contribution in [2.24, 2.45) is 0 Å². The van der Waals surface area contributed by atoms with Crippen LogP contribution in [0.15, 0.2) is 24.3 Å². The first-order valence-electron chi connectivity index (χ1n) is 8.77. The van der Waals surface area contributed by atoms with Crippen molar-refractivity contribution < 1.29 is 14.4 Å². The first kappa shape index (κ1) is 19.8. The number of hydrazine groups is 1. The van der Waals surface area contributed by atoms with Gasteiger partial charge in [0.15, 0.2) is 5.11 Å². The topological polar surface area (TPSA) is 90.5 Å². The van der Waals surface area contributed by atoms with E-state index in [1.54, 1.807) is 0 Å². The standard InChI is InChI=1S/C18H24N4O3S/c1-2-3-4-13-5-7-14(8-6-13)19-18(26)21-20-15(23)11-12-22-16(24)9-10-17(22)25/h5-8H,2-4,9-12H2,1H3,(H,20,23)(H2,19,21,26). The highest BCUT2D eigenvalue weighted by molar-refractivity contribution is 7.80. The normalized spacial score (nSPS) is 13.7. The van der Waals surface area contributed by atoms with E-state index in [4.69, 9.17) is 12.2 Å². The van der Waals surface area contributed by atoms with Gasteiger partial charge in [-0.3, -0.25) is 30.1 Å². The molecule has 0 aromatic heterocycles. The fourth-order valence-corrected chi connectivity index (χ4v) is 2.74. The van der Waals surface area contributed by atoms with Crippen LogP contribution in [0.2, 0.25) is 0 Å². The summed E-state index contributed by atoms with van der Waals surface area (Å²) < 4.78 is 0. The van der Waals surface area contributed by atoms with Crippen LogP contribution in [-0.4, -0.2) is 34.3 Å². The third-order valence-electron chi connectivity index (χ3n) is 4.06. The molecule has 0 aliphatic carbocycles. The monoisotopic (exact) mass is 376 g/mol. The maximum absolute atomic E-state index is 11.8. The Morgan fingerprint density at radius 1 is 1.12 bits per heavy atom. The largest absolute Gasteiger partial charge is 0.331 e. The van der Waals surface area contributed by atoms with Gasteiger partial charge in [0.05, 0.1) is 0 Å². The fraction of sp³-hybridized carbons (Fsp3) is 0.444. The Morgan fingerprint density at radius 2 is 1.77 bits per heavy atom. The predicted molar refractivity (Wildman–Crippen MR) is 103 cm³/mol. The van der Waals surface area contributed by atoms with E-state index in [9.17, 15) is 14.4 Å². The first-order valence-corrected chi connectivity index (χ1v) is 9.18. The molecule has 7 nitrogen and oxygen atoms in total. The van der Waals surface area contributed by atoms with Crippen molar-refractivity contribution in [2.75, 3.05) is 11.9 Å². The van der Waals surface area contributed by atoms with Gasteiger partial charge in [-0.15, -0.1) is 0 Å². The van der Waals surface area contributed by atoms with E-state index in [1.165, 1.54) is 5.56 Å². The van der Waals surface area contributed by atoms with Gasteiger partial charge in [0.1, 0.15) is 0 Å². The van der Waals surface area contributed by atoms with Gasteiger partial charge in [-0.25, -0.2) is 0 Å². The molecule has 140 valence electrons. The van der Waals surface area contributed by atoms with Gasteiger partial charge >= 0.3 is 0 Å². The number of rotatable bonds is 7. The molecular weight excluding hydrogens is 352 g/mol. The van der Waals surface area contributed by atoms with Crippen molar-refractivity contribution in [3.05, 3.63) is 29.8 Å². The molecule has 0 atom stereocenters. The number of aryl methyl sites for hydroxylation is 1. The predicted octanol–water partition coefficient (Wildman–Crippen LogP) is 1.89. The lowest BCUT2D eigenvalue weighted by atomic mass is 10.1. The summed E-state index contributed by atoms with van der Waals surface area (Å²) in [6.45, 7) is 2.25. The second kappa shape index (κ2) is 9.86. The average molecular weight is 376 g/mol. The first-order chi connectivity index (χ1) is 12.5. The van der Waals surface area contributed by atoms with Crippen molar-refractivity contribution in [2.45, 2.75) is 45.4 Å². The third kappa shape index (κ3) is 6.11. The second-order valence-corrected chi connectivity index (χ2v) is 6.53. The SMILES string of the molecule is CCCCc1ccc(NC(=S)NNC(=O)CCN2C(=O)CCC2=O)cc1. The van der Waals surface area contributed by atoms with Gasteiger partial charge in [-0.05, 0) is 42.8 Å². The molecule has 3 amide bonds. The van der Waals surface area contributed by atoms with E-state index in [2.05, 4.69) is 23.1 Å². The maximum atomic E-state index is 11.8. The van der Waals surface area contributed by atoms with Crippen LogP contribution in [-0.2, 0) is 20.8 Å². The van der Waals surface area contributed by atoms with E-state index >= 15 is 0 Å². The lowest BCUT2D eigenvalue weighted by molar-refractivity contribution is -0.138. The molecule has 1 fully saturated rings. The molecule has 0 spiro atoms. The average Bonchev–Trinajstić information content (AvgIpc) is 2.95. The molecule has 1 aliphatic heterocycles. The molecule has 1 aromatic rings. The molecule has 0 unspecified atom stereocenters. The smallest absolute Gasteiger partial charge is 0.240 e. The summed E-state index contributed by atoms with van der Waals surface area (Å²) in [7, 11) is 0. The van der Waals surface area contributed by atoms with Gasteiger partial charge < -0.3 is 5.32 Å². The van der Waals surface area contributed by atoms with Crippen molar-refractivity contribution in [1.29, 1.82) is 0 Å². The van der Waals surface area contributed by atoms with Crippen LogP contribution in [0, 0.1) is 0 Å². The Kier molecular flexibility index (Phi) is 7.53. The quantitative estimate of drug-likeness (QED) is 0.382. The number of benzene rings is 1. The fourth-order valence-electron chi connectivity index (χ4n) is 2.57. The Labute approximate surface area is 158 Å². The number of carbonyl (C=O) groups is 3. The molecule has 2 rings (SSSR count). The van der Waals surface area contributed by atoms with Crippen LogP contribution in [0.25, 0.3) is 0 Å². The van der Waals surface area contributed by atoms with E-state index in [0.717, 1.165) is 29.8 Å². The van der Waals surface area contributed by atoms with Crippen molar-refractivity contribution in [1.82, 2.24) is 15.8 Å². The van der Waals surface area contributed by atoms with Crippen LogP contribution in [0.1, 0.15) is 44.6 Å². The molecule has 1 aliphatic rings. The lowest BCUT2D eigenvalue weighted by Crippen LogP contribution is -2.45. The number of thiocarbonyl (C=S) groups is 1. The number of hydrogen-bond donors (Lipinski definition) is 3. The van der Waals surface area contributed by atoms with Crippen molar-refractivity contribution in [3.63, 3.8) is 0 Å². The van der Waals surface area contributed by atoms with Gasteiger partial charge in [0, 0.05) is 31.5 Å². The number of nitrogens with one attached hydrogen (secondary N) is 3. The summed E-state index contributed by atoms with van der Waals surface area (Å²) in [6, 6.07) is 7.96. The Hall–Kier alpha value is -2.48. The van der Waals surface area contributed by atoms with E-state index in [1.807, 2.05) is 24.3 Å². The van der Waals surface area contributed by atoms with Crippen LogP contribution >= 0.6 is 12.2 Å². The van der Waals surface area contributed by atoms with E-state index < -0.39 is 0 Å². The zero-order chi connectivity index (χ0) is 18.9. The number of amides is 3. The highest BCUT2D eigenvalue weighted by Gasteiger charge is 2.28. The number of likely N-dealkylation sites (tertiary alicyclic amines) is 1. The zero-order valence-electron chi connectivity index (χ0n) is 14.8. The Morgan fingerprint density at radius 3 is 2.38 bits per heavy atom.